The molecule has 2 rings (SSSR count). The molecule has 0 amide bonds. The maximum atomic E-state index is 13.3. The number of rotatable bonds is 1. The number of ether oxygens (including phenoxy) is 1. The summed E-state index contributed by atoms with van der Waals surface area (Å²) in [7, 11) is 0. The Morgan fingerprint density at radius 3 is 2.86 bits per heavy atom. The van der Waals surface area contributed by atoms with Gasteiger partial charge in [-0.15, -0.1) is 0 Å². The summed E-state index contributed by atoms with van der Waals surface area (Å²) in [6.45, 7) is 0.706. The number of hydrogen-bond donors (Lipinski definition) is 1. The van der Waals surface area contributed by atoms with Gasteiger partial charge in [0.15, 0.2) is 0 Å². The Morgan fingerprint density at radius 1 is 1.50 bits per heavy atom. The van der Waals surface area contributed by atoms with Gasteiger partial charge in [0.05, 0.1) is 24.0 Å². The van der Waals surface area contributed by atoms with Gasteiger partial charge in [-0.3, -0.25) is 4.98 Å². The van der Waals surface area contributed by atoms with E-state index >= 15 is 0 Å². The van der Waals surface area contributed by atoms with Gasteiger partial charge in [0.1, 0.15) is 11.6 Å². The summed E-state index contributed by atoms with van der Waals surface area (Å²) in [6.07, 6.45) is 1.47. The lowest BCUT2D eigenvalue weighted by molar-refractivity contribution is 0.176. The molecule has 1 saturated heterocycles. The molecule has 1 aliphatic heterocycles. The molecule has 5 heteroatoms. The van der Waals surface area contributed by atoms with E-state index in [1.807, 2.05) is 0 Å². The Kier molecular flexibility index (Phi) is 2.20. The van der Waals surface area contributed by atoms with Gasteiger partial charge in [-0.25, -0.2) is 8.78 Å². The van der Waals surface area contributed by atoms with E-state index in [9.17, 15) is 8.78 Å². The number of hydrogen-bond acceptors (Lipinski definition) is 3. The fraction of sp³-hybridized carbons (Fsp3) is 0.444. The Morgan fingerprint density at radius 2 is 2.29 bits per heavy atom. The van der Waals surface area contributed by atoms with Crippen LogP contribution in [-0.2, 0) is 10.3 Å². The van der Waals surface area contributed by atoms with E-state index in [0.717, 1.165) is 12.3 Å². The van der Waals surface area contributed by atoms with Crippen LogP contribution in [0.5, 0.6) is 0 Å². The molecule has 0 aromatic carbocycles. The Balaban J connectivity index is 2.40. The lowest BCUT2D eigenvalue weighted by Gasteiger charge is -2.21. The highest BCUT2D eigenvalue weighted by atomic mass is 19.1. The van der Waals surface area contributed by atoms with Gasteiger partial charge >= 0.3 is 0 Å². The molecule has 1 unspecified atom stereocenters. The molecule has 0 aliphatic carbocycles. The standard InChI is InChI=1S/C9H10F2N2O/c10-6-3-7(11)8(13-4-6)9(12)1-2-14-5-9/h3-4H,1-2,5,12H2. The lowest BCUT2D eigenvalue weighted by Crippen LogP contribution is -2.39. The average Bonchev–Trinajstić information content (AvgIpc) is 2.52. The maximum Gasteiger partial charge on any atom is 0.149 e. The van der Waals surface area contributed by atoms with Gasteiger partial charge in [0, 0.05) is 12.7 Å². The monoisotopic (exact) mass is 200 g/mol. The zero-order chi connectivity index (χ0) is 10.2. The minimum absolute atomic E-state index is 0.0800. The van der Waals surface area contributed by atoms with Crippen LogP contribution in [0.1, 0.15) is 12.1 Å². The van der Waals surface area contributed by atoms with Crippen molar-refractivity contribution in [2.45, 2.75) is 12.0 Å². The van der Waals surface area contributed by atoms with Crippen LogP contribution in [0, 0.1) is 11.6 Å². The Hall–Kier alpha value is -1.07. The van der Waals surface area contributed by atoms with E-state index < -0.39 is 17.2 Å². The molecular weight excluding hydrogens is 190 g/mol. The minimum Gasteiger partial charge on any atom is -0.379 e. The summed E-state index contributed by atoms with van der Waals surface area (Å²) < 4.78 is 31.0. The van der Waals surface area contributed by atoms with E-state index in [1.54, 1.807) is 0 Å². The van der Waals surface area contributed by atoms with Crippen LogP contribution in [-0.4, -0.2) is 18.2 Å². The van der Waals surface area contributed by atoms with Gasteiger partial charge < -0.3 is 10.5 Å². The quantitative estimate of drug-likeness (QED) is 0.733. The second-order valence-electron chi connectivity index (χ2n) is 3.44. The van der Waals surface area contributed by atoms with Gasteiger partial charge in [0.2, 0.25) is 0 Å². The predicted molar refractivity (Wildman–Crippen MR) is 45.5 cm³/mol. The van der Waals surface area contributed by atoms with E-state index in [1.165, 1.54) is 0 Å². The van der Waals surface area contributed by atoms with Crippen molar-refractivity contribution in [1.82, 2.24) is 4.98 Å². The van der Waals surface area contributed by atoms with Crippen molar-refractivity contribution in [3.05, 3.63) is 29.6 Å². The smallest absolute Gasteiger partial charge is 0.149 e. The van der Waals surface area contributed by atoms with Crippen LogP contribution >= 0.6 is 0 Å². The van der Waals surface area contributed by atoms with Crippen LogP contribution in [0.15, 0.2) is 12.3 Å². The van der Waals surface area contributed by atoms with E-state index in [-0.39, 0.29) is 12.3 Å². The molecular formula is C9H10F2N2O. The topological polar surface area (TPSA) is 48.1 Å². The minimum atomic E-state index is -0.905. The van der Waals surface area contributed by atoms with Crippen LogP contribution in [0.2, 0.25) is 0 Å². The third kappa shape index (κ3) is 1.49. The first-order chi connectivity index (χ1) is 6.62. The van der Waals surface area contributed by atoms with E-state index in [0.29, 0.717) is 13.0 Å². The van der Waals surface area contributed by atoms with Gasteiger partial charge in [-0.1, -0.05) is 0 Å². The highest BCUT2D eigenvalue weighted by molar-refractivity contribution is 5.19. The first-order valence-corrected chi connectivity index (χ1v) is 4.30. The van der Waals surface area contributed by atoms with Crippen molar-refractivity contribution in [2.24, 2.45) is 5.73 Å². The lowest BCUT2D eigenvalue weighted by atomic mass is 9.95. The number of pyridine rings is 1. The summed E-state index contributed by atoms with van der Waals surface area (Å²) in [5, 5.41) is 0. The molecule has 1 fully saturated rings. The molecule has 1 atom stereocenters. The highest BCUT2D eigenvalue weighted by Crippen LogP contribution is 2.27. The molecule has 76 valence electrons. The Bertz CT molecular complexity index is 351. The third-order valence-electron chi connectivity index (χ3n) is 2.33. The molecule has 1 aromatic rings. The summed E-state index contributed by atoms with van der Waals surface area (Å²) in [6, 6.07) is 0.787. The van der Waals surface area contributed by atoms with E-state index in [2.05, 4.69) is 4.98 Å². The normalized spacial score (nSPS) is 26.8. The van der Waals surface area contributed by atoms with Crippen molar-refractivity contribution >= 4 is 0 Å². The second kappa shape index (κ2) is 3.25. The molecule has 14 heavy (non-hydrogen) atoms. The van der Waals surface area contributed by atoms with Gasteiger partial charge in [-0.2, -0.15) is 0 Å². The molecule has 0 spiro atoms. The van der Waals surface area contributed by atoms with Gasteiger partial charge in [-0.05, 0) is 6.42 Å². The molecule has 2 heterocycles. The molecule has 2 N–H and O–H groups in total. The summed E-state index contributed by atoms with van der Waals surface area (Å²) in [5.74, 6) is -1.41. The first kappa shape index (κ1) is 9.48. The fourth-order valence-corrected chi connectivity index (χ4v) is 1.55. The molecule has 1 aromatic heterocycles. The number of aromatic nitrogens is 1. The SMILES string of the molecule is NC1(c2ncc(F)cc2F)CCOC1. The number of nitrogens with zero attached hydrogens (tertiary/aromatic N) is 1. The number of halogens is 2. The van der Waals surface area contributed by atoms with Crippen molar-refractivity contribution in [1.29, 1.82) is 0 Å². The third-order valence-corrected chi connectivity index (χ3v) is 2.33. The van der Waals surface area contributed by atoms with E-state index in [4.69, 9.17) is 10.5 Å². The van der Waals surface area contributed by atoms with Crippen LogP contribution < -0.4 is 5.73 Å². The molecule has 1 aliphatic rings. The summed E-state index contributed by atoms with van der Waals surface area (Å²) in [5.41, 5.74) is 5.06. The Labute approximate surface area is 79.9 Å². The molecule has 0 saturated carbocycles. The first-order valence-electron chi connectivity index (χ1n) is 4.30. The summed E-state index contributed by atoms with van der Waals surface area (Å²) in [4.78, 5) is 3.68. The zero-order valence-corrected chi connectivity index (χ0v) is 7.46. The zero-order valence-electron chi connectivity index (χ0n) is 7.46. The van der Waals surface area contributed by atoms with Crippen LogP contribution in [0.25, 0.3) is 0 Å². The molecule has 0 radical (unpaired) electrons. The second-order valence-corrected chi connectivity index (χ2v) is 3.44. The van der Waals surface area contributed by atoms with Crippen molar-refractivity contribution < 1.29 is 13.5 Å². The fourth-order valence-electron chi connectivity index (χ4n) is 1.55. The van der Waals surface area contributed by atoms with Crippen molar-refractivity contribution in [3.63, 3.8) is 0 Å². The van der Waals surface area contributed by atoms with Crippen molar-refractivity contribution in [3.8, 4) is 0 Å². The van der Waals surface area contributed by atoms with Crippen LogP contribution in [0.4, 0.5) is 8.78 Å². The average molecular weight is 200 g/mol. The molecule has 0 bridgehead atoms. The summed E-state index contributed by atoms with van der Waals surface area (Å²) >= 11 is 0. The largest absolute Gasteiger partial charge is 0.379 e. The maximum absolute atomic E-state index is 13.3. The highest BCUT2D eigenvalue weighted by Gasteiger charge is 2.36. The van der Waals surface area contributed by atoms with Crippen LogP contribution in [0.3, 0.4) is 0 Å². The number of nitrogens with two attached hydrogens (primary N) is 1. The predicted octanol–water partition coefficient (Wildman–Crippen LogP) is 0.934. The van der Waals surface area contributed by atoms with Gasteiger partial charge in [0.25, 0.3) is 0 Å². The molecule has 3 nitrogen and oxygen atoms in total. The van der Waals surface area contributed by atoms with Crippen molar-refractivity contribution in [2.75, 3.05) is 13.2 Å².